The van der Waals surface area contributed by atoms with Crippen molar-refractivity contribution < 1.29 is 18.9 Å². The number of piperidine rings is 1. The first kappa shape index (κ1) is 25.1. The van der Waals surface area contributed by atoms with Gasteiger partial charge < -0.3 is 29.2 Å². The molecule has 3 heterocycles. The van der Waals surface area contributed by atoms with E-state index in [2.05, 4.69) is 17.1 Å². The van der Waals surface area contributed by atoms with Crippen LogP contribution in [0.2, 0.25) is 0 Å². The van der Waals surface area contributed by atoms with Gasteiger partial charge in [-0.2, -0.15) is 0 Å². The third-order valence-corrected chi connectivity index (χ3v) is 5.70. The number of rotatable bonds is 10. The zero-order chi connectivity index (χ0) is 19.4. The molecular formula is C21H40IN3O4. The number of nitrogens with one attached hydrogen (secondary N) is 1. The Morgan fingerprint density at radius 2 is 2.00 bits per heavy atom. The lowest BCUT2D eigenvalue weighted by Crippen LogP contribution is -2.47. The van der Waals surface area contributed by atoms with Gasteiger partial charge >= 0.3 is 0 Å². The summed E-state index contributed by atoms with van der Waals surface area (Å²) in [5.41, 5.74) is 0. The number of likely N-dealkylation sites (tertiary alicyclic amines) is 1. The Kier molecular flexibility index (Phi) is 12.8. The Balaban J connectivity index is 0.00000300. The highest BCUT2D eigenvalue weighted by Crippen LogP contribution is 2.18. The van der Waals surface area contributed by atoms with Crippen molar-refractivity contribution >= 4 is 29.9 Å². The maximum absolute atomic E-state index is 6.09. The van der Waals surface area contributed by atoms with Crippen molar-refractivity contribution in [3.05, 3.63) is 0 Å². The highest BCUT2D eigenvalue weighted by atomic mass is 127. The SMILES string of the molecule is CCNC(=NCCCOCC1CCOC1)N1CCC(OCC2CCCO2)CC1.I. The van der Waals surface area contributed by atoms with Gasteiger partial charge in [-0.25, -0.2) is 0 Å². The highest BCUT2D eigenvalue weighted by molar-refractivity contribution is 14.0. The molecule has 0 aromatic carbocycles. The molecule has 3 aliphatic heterocycles. The van der Waals surface area contributed by atoms with Gasteiger partial charge in [-0.3, -0.25) is 4.99 Å². The minimum atomic E-state index is 0. The normalized spacial score (nSPS) is 26.0. The monoisotopic (exact) mass is 525 g/mol. The van der Waals surface area contributed by atoms with E-state index in [0.29, 0.717) is 18.1 Å². The van der Waals surface area contributed by atoms with Gasteiger partial charge in [0.25, 0.3) is 0 Å². The van der Waals surface area contributed by atoms with Crippen LogP contribution in [-0.4, -0.2) is 88.9 Å². The highest BCUT2D eigenvalue weighted by Gasteiger charge is 2.24. The van der Waals surface area contributed by atoms with E-state index in [-0.39, 0.29) is 24.0 Å². The molecule has 2 atom stereocenters. The number of nitrogens with zero attached hydrogens (tertiary/aromatic N) is 2. The van der Waals surface area contributed by atoms with Crippen LogP contribution < -0.4 is 5.32 Å². The molecule has 0 aliphatic carbocycles. The first-order valence-electron chi connectivity index (χ1n) is 11.3. The molecule has 3 aliphatic rings. The third kappa shape index (κ3) is 9.25. The molecule has 7 nitrogen and oxygen atoms in total. The van der Waals surface area contributed by atoms with Crippen molar-refractivity contribution in [2.75, 3.05) is 65.8 Å². The molecule has 0 amide bonds. The van der Waals surface area contributed by atoms with E-state index in [1.54, 1.807) is 0 Å². The van der Waals surface area contributed by atoms with Crippen molar-refractivity contribution in [1.82, 2.24) is 10.2 Å². The quantitative estimate of drug-likeness (QED) is 0.205. The summed E-state index contributed by atoms with van der Waals surface area (Å²) in [5.74, 6) is 1.62. The average Bonchev–Trinajstić information content (AvgIpc) is 3.43. The van der Waals surface area contributed by atoms with Gasteiger partial charge in [0.1, 0.15) is 0 Å². The van der Waals surface area contributed by atoms with Gasteiger partial charge in [0.15, 0.2) is 5.96 Å². The van der Waals surface area contributed by atoms with Gasteiger partial charge in [0.05, 0.1) is 32.0 Å². The average molecular weight is 525 g/mol. The first-order valence-corrected chi connectivity index (χ1v) is 11.3. The number of aliphatic imine (C=N–C) groups is 1. The van der Waals surface area contributed by atoms with Gasteiger partial charge in [0.2, 0.25) is 0 Å². The summed E-state index contributed by atoms with van der Waals surface area (Å²) >= 11 is 0. The molecule has 2 unspecified atom stereocenters. The summed E-state index contributed by atoms with van der Waals surface area (Å²) in [4.78, 5) is 7.17. The Bertz CT molecular complexity index is 449. The minimum absolute atomic E-state index is 0. The van der Waals surface area contributed by atoms with Crippen molar-refractivity contribution in [2.24, 2.45) is 10.9 Å². The van der Waals surface area contributed by atoms with Crippen molar-refractivity contribution in [3.63, 3.8) is 0 Å². The van der Waals surface area contributed by atoms with E-state index in [1.807, 2.05) is 0 Å². The van der Waals surface area contributed by atoms with E-state index in [1.165, 1.54) is 6.42 Å². The van der Waals surface area contributed by atoms with E-state index >= 15 is 0 Å². The molecule has 1 N–H and O–H groups in total. The van der Waals surface area contributed by atoms with Crippen LogP contribution in [0.5, 0.6) is 0 Å². The number of hydrogen-bond acceptors (Lipinski definition) is 5. The second-order valence-electron chi connectivity index (χ2n) is 8.05. The molecule has 0 saturated carbocycles. The van der Waals surface area contributed by atoms with Gasteiger partial charge in [-0.1, -0.05) is 0 Å². The van der Waals surface area contributed by atoms with E-state index in [9.17, 15) is 0 Å². The molecule has 170 valence electrons. The molecule has 8 heteroatoms. The molecule has 3 rings (SSSR count). The van der Waals surface area contributed by atoms with Crippen molar-refractivity contribution in [3.8, 4) is 0 Å². The number of halogens is 1. The van der Waals surface area contributed by atoms with Gasteiger partial charge in [0, 0.05) is 51.9 Å². The van der Waals surface area contributed by atoms with Crippen LogP contribution in [0.1, 0.15) is 45.4 Å². The smallest absolute Gasteiger partial charge is 0.193 e. The molecule has 0 aromatic heterocycles. The summed E-state index contributed by atoms with van der Waals surface area (Å²) in [6.07, 6.45) is 7.22. The van der Waals surface area contributed by atoms with Crippen LogP contribution in [0.25, 0.3) is 0 Å². The fourth-order valence-corrected chi connectivity index (χ4v) is 4.00. The summed E-state index contributed by atoms with van der Waals surface area (Å²) in [5, 5.41) is 3.44. The zero-order valence-corrected chi connectivity index (χ0v) is 20.3. The number of ether oxygens (including phenoxy) is 4. The standard InChI is InChI=1S/C21H39N3O4.HI/c1-2-22-21(23-9-4-12-25-15-18-8-14-26-16-18)24-10-6-19(7-11-24)28-17-20-5-3-13-27-20;/h18-20H,2-17H2,1H3,(H,22,23);1H. The topological polar surface area (TPSA) is 64.6 Å². The van der Waals surface area contributed by atoms with Crippen LogP contribution in [0.3, 0.4) is 0 Å². The molecular weight excluding hydrogens is 485 g/mol. The van der Waals surface area contributed by atoms with Crippen molar-refractivity contribution in [1.29, 1.82) is 0 Å². The molecule has 0 radical (unpaired) electrons. The maximum Gasteiger partial charge on any atom is 0.193 e. The minimum Gasteiger partial charge on any atom is -0.381 e. The lowest BCUT2D eigenvalue weighted by molar-refractivity contribution is -0.0367. The van der Waals surface area contributed by atoms with Gasteiger partial charge in [-0.05, 0) is 45.4 Å². The molecule has 0 spiro atoms. The first-order chi connectivity index (χ1) is 13.8. The third-order valence-electron chi connectivity index (χ3n) is 5.70. The molecule has 3 saturated heterocycles. The fourth-order valence-electron chi connectivity index (χ4n) is 4.00. The molecule has 3 fully saturated rings. The summed E-state index contributed by atoms with van der Waals surface area (Å²) in [6.45, 7) is 10.8. The fraction of sp³-hybridized carbons (Fsp3) is 0.952. The van der Waals surface area contributed by atoms with E-state index < -0.39 is 0 Å². The zero-order valence-electron chi connectivity index (χ0n) is 18.0. The second-order valence-corrected chi connectivity index (χ2v) is 8.05. The Morgan fingerprint density at radius 1 is 1.14 bits per heavy atom. The lowest BCUT2D eigenvalue weighted by Gasteiger charge is -2.34. The summed E-state index contributed by atoms with van der Waals surface area (Å²) in [6, 6.07) is 0. The van der Waals surface area contributed by atoms with E-state index in [0.717, 1.165) is 104 Å². The Hall–Kier alpha value is -0.160. The van der Waals surface area contributed by atoms with Crippen LogP contribution in [0.15, 0.2) is 4.99 Å². The molecule has 0 aromatic rings. The largest absolute Gasteiger partial charge is 0.381 e. The molecule has 29 heavy (non-hydrogen) atoms. The lowest BCUT2D eigenvalue weighted by atomic mass is 10.1. The van der Waals surface area contributed by atoms with Crippen molar-refractivity contribution in [2.45, 2.75) is 57.7 Å². The van der Waals surface area contributed by atoms with Crippen LogP contribution in [0.4, 0.5) is 0 Å². The predicted octanol–water partition coefficient (Wildman–Crippen LogP) is 2.67. The summed E-state index contributed by atoms with van der Waals surface area (Å²) in [7, 11) is 0. The van der Waals surface area contributed by atoms with Gasteiger partial charge in [-0.15, -0.1) is 24.0 Å². The number of guanidine groups is 1. The van der Waals surface area contributed by atoms with Crippen LogP contribution >= 0.6 is 24.0 Å². The Morgan fingerprint density at radius 3 is 2.69 bits per heavy atom. The Labute approximate surface area is 193 Å². The predicted molar refractivity (Wildman–Crippen MR) is 125 cm³/mol. The second kappa shape index (κ2) is 14.8. The molecule has 0 bridgehead atoms. The van der Waals surface area contributed by atoms with Crippen LogP contribution in [0, 0.1) is 5.92 Å². The maximum atomic E-state index is 6.09. The number of hydrogen-bond donors (Lipinski definition) is 1. The van der Waals surface area contributed by atoms with E-state index in [4.69, 9.17) is 23.9 Å². The van der Waals surface area contributed by atoms with Crippen LogP contribution in [-0.2, 0) is 18.9 Å². The summed E-state index contributed by atoms with van der Waals surface area (Å²) < 4.78 is 22.9.